The normalized spacial score (nSPS) is 15.7. The second kappa shape index (κ2) is 9.66. The molecule has 0 amide bonds. The third-order valence-electron chi connectivity index (χ3n) is 5.69. The first-order valence-electron chi connectivity index (χ1n) is 10.7. The van der Waals surface area contributed by atoms with Crippen LogP contribution in [-0.4, -0.2) is 40.3 Å². The molecule has 31 heavy (non-hydrogen) atoms. The molecular weight excluding hydrogens is 407 g/mol. The van der Waals surface area contributed by atoms with E-state index < -0.39 is 24.5 Å². The van der Waals surface area contributed by atoms with Gasteiger partial charge in [0.05, 0.1) is 11.6 Å². The van der Waals surface area contributed by atoms with Crippen molar-refractivity contribution >= 4 is 11.9 Å². The first-order valence-corrected chi connectivity index (χ1v) is 10.7. The van der Waals surface area contributed by atoms with Gasteiger partial charge in [0.2, 0.25) is 5.95 Å². The van der Waals surface area contributed by atoms with Crippen LogP contribution in [0.15, 0.2) is 24.3 Å². The summed E-state index contributed by atoms with van der Waals surface area (Å²) in [7, 11) is 0. The van der Waals surface area contributed by atoms with Crippen LogP contribution in [0.25, 0.3) is 11.3 Å². The van der Waals surface area contributed by atoms with E-state index in [9.17, 15) is 23.1 Å². The molecule has 1 fully saturated rings. The highest BCUT2D eigenvalue weighted by Crippen LogP contribution is 2.36. The quantitative estimate of drug-likeness (QED) is 0.609. The van der Waals surface area contributed by atoms with Crippen molar-refractivity contribution in [1.29, 1.82) is 0 Å². The summed E-state index contributed by atoms with van der Waals surface area (Å²) >= 11 is 0. The fourth-order valence-electron chi connectivity index (χ4n) is 4.05. The SMILES string of the molecule is Cc1ccc(-c2nc(N3CCCCC3)nc(C)c2C(CCCC(F)(F)F)C(=O)O)cc1. The van der Waals surface area contributed by atoms with Crippen LogP contribution >= 0.6 is 0 Å². The second-order valence-electron chi connectivity index (χ2n) is 8.18. The van der Waals surface area contributed by atoms with Gasteiger partial charge in [0.25, 0.3) is 0 Å². The van der Waals surface area contributed by atoms with Gasteiger partial charge in [-0.1, -0.05) is 29.8 Å². The summed E-state index contributed by atoms with van der Waals surface area (Å²) in [5.41, 5.74) is 3.19. The zero-order valence-electron chi connectivity index (χ0n) is 17.9. The van der Waals surface area contributed by atoms with E-state index >= 15 is 0 Å². The largest absolute Gasteiger partial charge is 0.481 e. The second-order valence-corrected chi connectivity index (χ2v) is 8.18. The van der Waals surface area contributed by atoms with Crippen molar-refractivity contribution in [2.45, 2.75) is 64.5 Å². The number of hydrogen-bond donors (Lipinski definition) is 1. The van der Waals surface area contributed by atoms with Crippen molar-refractivity contribution < 1.29 is 23.1 Å². The summed E-state index contributed by atoms with van der Waals surface area (Å²) < 4.78 is 38.0. The number of hydrogen-bond acceptors (Lipinski definition) is 4. The molecule has 0 spiro atoms. The zero-order valence-corrected chi connectivity index (χ0v) is 17.9. The molecular formula is C23H28F3N3O2. The molecule has 1 aliphatic heterocycles. The highest BCUT2D eigenvalue weighted by atomic mass is 19.4. The van der Waals surface area contributed by atoms with Crippen molar-refractivity contribution in [2.75, 3.05) is 18.0 Å². The van der Waals surface area contributed by atoms with E-state index in [1.807, 2.05) is 31.2 Å². The molecule has 1 saturated heterocycles. The molecule has 0 aliphatic carbocycles. The van der Waals surface area contributed by atoms with Gasteiger partial charge in [0.1, 0.15) is 0 Å². The Bertz CT molecular complexity index is 908. The average Bonchev–Trinajstić information content (AvgIpc) is 2.71. The summed E-state index contributed by atoms with van der Waals surface area (Å²) in [5, 5.41) is 9.87. The van der Waals surface area contributed by atoms with Gasteiger partial charge in [-0.15, -0.1) is 0 Å². The van der Waals surface area contributed by atoms with E-state index in [0.717, 1.165) is 43.5 Å². The van der Waals surface area contributed by atoms with Crippen LogP contribution in [0.1, 0.15) is 61.3 Å². The number of carboxylic acids is 1. The summed E-state index contributed by atoms with van der Waals surface area (Å²) in [4.78, 5) is 23.5. The molecule has 1 atom stereocenters. The maximum atomic E-state index is 12.7. The Morgan fingerprint density at radius 1 is 1.10 bits per heavy atom. The molecule has 168 valence electrons. The van der Waals surface area contributed by atoms with Crippen molar-refractivity contribution in [3.8, 4) is 11.3 Å². The van der Waals surface area contributed by atoms with E-state index in [0.29, 0.717) is 22.9 Å². The fourth-order valence-corrected chi connectivity index (χ4v) is 4.05. The molecule has 1 unspecified atom stereocenters. The summed E-state index contributed by atoms with van der Waals surface area (Å²) in [5.74, 6) is -1.71. The van der Waals surface area contributed by atoms with Crippen LogP contribution in [0, 0.1) is 13.8 Å². The monoisotopic (exact) mass is 435 g/mol. The summed E-state index contributed by atoms with van der Waals surface area (Å²) in [6.45, 7) is 5.34. The third-order valence-corrected chi connectivity index (χ3v) is 5.69. The van der Waals surface area contributed by atoms with Crippen molar-refractivity contribution in [3.05, 3.63) is 41.1 Å². The van der Waals surface area contributed by atoms with Crippen LogP contribution in [-0.2, 0) is 4.79 Å². The molecule has 5 nitrogen and oxygen atoms in total. The number of aryl methyl sites for hydroxylation is 2. The molecule has 0 saturated carbocycles. The van der Waals surface area contributed by atoms with Crippen molar-refractivity contribution in [2.24, 2.45) is 0 Å². The van der Waals surface area contributed by atoms with E-state index in [1.165, 1.54) is 0 Å². The number of carboxylic acid groups (broad SMARTS) is 1. The van der Waals surface area contributed by atoms with Gasteiger partial charge in [-0.05, 0) is 46.0 Å². The lowest BCUT2D eigenvalue weighted by atomic mass is 9.88. The Morgan fingerprint density at radius 2 is 1.74 bits per heavy atom. The smallest absolute Gasteiger partial charge is 0.389 e. The van der Waals surface area contributed by atoms with Gasteiger partial charge in [-0.3, -0.25) is 4.79 Å². The van der Waals surface area contributed by atoms with Gasteiger partial charge in [0, 0.05) is 36.3 Å². The number of carbonyl (C=O) groups is 1. The van der Waals surface area contributed by atoms with Crippen LogP contribution in [0.4, 0.5) is 19.1 Å². The summed E-state index contributed by atoms with van der Waals surface area (Å²) in [6.07, 6.45) is -2.48. The lowest BCUT2D eigenvalue weighted by Crippen LogP contribution is -2.31. The molecule has 2 aromatic rings. The van der Waals surface area contributed by atoms with Crippen molar-refractivity contribution in [1.82, 2.24) is 9.97 Å². The minimum Gasteiger partial charge on any atom is -0.481 e. The number of aliphatic carboxylic acids is 1. The Morgan fingerprint density at radius 3 is 2.32 bits per heavy atom. The zero-order chi connectivity index (χ0) is 22.6. The van der Waals surface area contributed by atoms with E-state index in [2.05, 4.69) is 9.88 Å². The topological polar surface area (TPSA) is 66.3 Å². The highest BCUT2D eigenvalue weighted by Gasteiger charge is 2.31. The predicted molar refractivity (Wildman–Crippen MR) is 113 cm³/mol. The number of aromatic nitrogens is 2. The number of nitrogens with zero attached hydrogens (tertiary/aromatic N) is 3. The minimum absolute atomic E-state index is 0.124. The maximum absolute atomic E-state index is 12.7. The number of anilines is 1. The van der Waals surface area contributed by atoms with Crippen molar-refractivity contribution in [3.63, 3.8) is 0 Å². The molecule has 0 bridgehead atoms. The first kappa shape index (κ1) is 23.0. The molecule has 1 N–H and O–H groups in total. The lowest BCUT2D eigenvalue weighted by molar-refractivity contribution is -0.142. The fraction of sp³-hybridized carbons (Fsp3) is 0.522. The number of benzene rings is 1. The molecule has 0 radical (unpaired) electrons. The number of rotatable bonds is 7. The molecule has 3 rings (SSSR count). The maximum Gasteiger partial charge on any atom is 0.389 e. The van der Waals surface area contributed by atoms with Gasteiger partial charge in [-0.25, -0.2) is 9.97 Å². The lowest BCUT2D eigenvalue weighted by Gasteiger charge is -2.28. The number of halogens is 3. The minimum atomic E-state index is -4.31. The van der Waals surface area contributed by atoms with Crippen LogP contribution < -0.4 is 4.90 Å². The summed E-state index contributed by atoms with van der Waals surface area (Å²) in [6, 6.07) is 7.57. The number of piperidine rings is 1. The molecule has 8 heteroatoms. The van der Waals surface area contributed by atoms with Crippen LogP contribution in [0.3, 0.4) is 0 Å². The first-order chi connectivity index (χ1) is 14.7. The molecule has 2 heterocycles. The van der Waals surface area contributed by atoms with Gasteiger partial charge >= 0.3 is 12.1 Å². The van der Waals surface area contributed by atoms with Crippen LogP contribution in [0.2, 0.25) is 0 Å². The van der Waals surface area contributed by atoms with E-state index in [-0.39, 0.29) is 12.8 Å². The van der Waals surface area contributed by atoms with Crippen LogP contribution in [0.5, 0.6) is 0 Å². The predicted octanol–water partition coefficient (Wildman–Crippen LogP) is 5.65. The Balaban J connectivity index is 2.05. The van der Waals surface area contributed by atoms with E-state index in [1.54, 1.807) is 6.92 Å². The van der Waals surface area contributed by atoms with Gasteiger partial charge < -0.3 is 10.0 Å². The Hall–Kier alpha value is -2.64. The van der Waals surface area contributed by atoms with E-state index in [4.69, 9.17) is 4.98 Å². The van der Waals surface area contributed by atoms with Gasteiger partial charge in [0.15, 0.2) is 0 Å². The average molecular weight is 435 g/mol. The Kier molecular flexibility index (Phi) is 7.18. The molecule has 1 aromatic heterocycles. The standard InChI is InChI=1S/C23H28F3N3O2/c1-15-8-10-17(11-9-15)20-19(18(21(30)31)7-6-12-23(24,25)26)16(2)27-22(28-20)29-13-4-3-5-14-29/h8-11,18H,3-7,12-14H2,1-2H3,(H,30,31). The van der Waals surface area contributed by atoms with Gasteiger partial charge in [-0.2, -0.15) is 13.2 Å². The number of alkyl halides is 3. The highest BCUT2D eigenvalue weighted by molar-refractivity contribution is 5.81. The molecule has 1 aromatic carbocycles. The third kappa shape index (κ3) is 5.95. The molecule has 1 aliphatic rings. The Labute approximate surface area is 180 Å².